The molecule has 0 saturated heterocycles. The van der Waals surface area contributed by atoms with Crippen LogP contribution in [0.3, 0.4) is 0 Å². The average molecular weight is 314 g/mol. The van der Waals surface area contributed by atoms with Gasteiger partial charge in [0.1, 0.15) is 4.99 Å². The number of nitrogens with two attached hydrogens (primary N) is 1. The summed E-state index contributed by atoms with van der Waals surface area (Å²) in [5.41, 5.74) is 7.14. The quantitative estimate of drug-likeness (QED) is 0.819. The topological polar surface area (TPSA) is 49.6 Å². The lowest BCUT2D eigenvalue weighted by Gasteiger charge is -2.26. The number of likely N-dealkylation sites (N-methyl/N-ethyl adjacent to an activating group) is 1. The second-order valence-electron chi connectivity index (χ2n) is 4.74. The molecule has 0 saturated carbocycles. The van der Waals surface area contributed by atoms with Crippen LogP contribution in [0, 0.1) is 0 Å². The van der Waals surface area contributed by atoms with Gasteiger partial charge in [-0.1, -0.05) is 30.7 Å². The Balaban J connectivity index is 3.02. The van der Waals surface area contributed by atoms with Gasteiger partial charge in [0.2, 0.25) is 5.91 Å². The highest BCUT2D eigenvalue weighted by Crippen LogP contribution is 2.27. The summed E-state index contributed by atoms with van der Waals surface area (Å²) in [6.45, 7) is 3.11. The van der Waals surface area contributed by atoms with Crippen molar-refractivity contribution in [2.75, 3.05) is 32.1 Å². The fraction of sp³-hybridized carbons (Fsp3) is 0.429. The van der Waals surface area contributed by atoms with E-state index < -0.39 is 0 Å². The molecule has 0 heterocycles. The summed E-state index contributed by atoms with van der Waals surface area (Å²) in [6.07, 6.45) is 0.925. The van der Waals surface area contributed by atoms with Crippen molar-refractivity contribution in [2.45, 2.75) is 13.3 Å². The molecule has 4 nitrogen and oxygen atoms in total. The largest absolute Gasteiger partial charge is 0.389 e. The summed E-state index contributed by atoms with van der Waals surface area (Å²) < 4.78 is 0. The van der Waals surface area contributed by atoms with Crippen molar-refractivity contribution in [1.29, 1.82) is 0 Å². The van der Waals surface area contributed by atoms with Crippen LogP contribution in [0.25, 0.3) is 0 Å². The van der Waals surface area contributed by atoms with Crippen LogP contribution in [0.15, 0.2) is 18.2 Å². The number of amides is 1. The van der Waals surface area contributed by atoms with Gasteiger partial charge in [-0.2, -0.15) is 0 Å². The lowest BCUT2D eigenvalue weighted by Crippen LogP contribution is -2.37. The molecule has 0 radical (unpaired) electrons. The zero-order valence-electron chi connectivity index (χ0n) is 12.0. The van der Waals surface area contributed by atoms with E-state index in [1.807, 2.05) is 17.0 Å². The van der Waals surface area contributed by atoms with Gasteiger partial charge < -0.3 is 15.5 Å². The number of carbonyl (C=O) groups excluding carboxylic acids is 1. The first-order valence-electron chi connectivity index (χ1n) is 6.41. The lowest BCUT2D eigenvalue weighted by atomic mass is 10.2. The van der Waals surface area contributed by atoms with Crippen LogP contribution in [0.2, 0.25) is 5.02 Å². The minimum atomic E-state index is 0.0351. The molecule has 0 spiro atoms. The highest BCUT2D eigenvalue weighted by Gasteiger charge is 2.15. The van der Waals surface area contributed by atoms with Crippen molar-refractivity contribution in [3.05, 3.63) is 28.8 Å². The predicted octanol–water partition coefficient (Wildman–Crippen LogP) is 2.28. The van der Waals surface area contributed by atoms with Crippen molar-refractivity contribution in [1.82, 2.24) is 4.90 Å². The van der Waals surface area contributed by atoms with E-state index in [0.717, 1.165) is 24.2 Å². The number of carbonyl (C=O) groups is 1. The van der Waals surface area contributed by atoms with Crippen LogP contribution in [0.5, 0.6) is 0 Å². The van der Waals surface area contributed by atoms with E-state index in [1.165, 1.54) is 0 Å². The molecule has 0 aliphatic heterocycles. The van der Waals surface area contributed by atoms with Crippen LogP contribution in [-0.4, -0.2) is 43.0 Å². The van der Waals surface area contributed by atoms with Gasteiger partial charge in [0.05, 0.1) is 17.3 Å². The Hall–Kier alpha value is -1.33. The van der Waals surface area contributed by atoms with Gasteiger partial charge in [0.15, 0.2) is 0 Å². The third kappa shape index (κ3) is 4.35. The molecule has 1 aromatic rings. The van der Waals surface area contributed by atoms with E-state index >= 15 is 0 Å². The monoisotopic (exact) mass is 313 g/mol. The van der Waals surface area contributed by atoms with E-state index in [9.17, 15) is 4.79 Å². The SMILES string of the molecule is CCCN(CC(=O)N(C)C)c1ccc(C(N)=S)cc1Cl. The van der Waals surface area contributed by atoms with Crippen LogP contribution < -0.4 is 10.6 Å². The minimum absolute atomic E-state index is 0.0351. The summed E-state index contributed by atoms with van der Waals surface area (Å²) in [7, 11) is 3.48. The summed E-state index contributed by atoms with van der Waals surface area (Å²) >= 11 is 11.2. The van der Waals surface area contributed by atoms with E-state index in [4.69, 9.17) is 29.6 Å². The molecule has 1 aromatic carbocycles. The molecule has 20 heavy (non-hydrogen) atoms. The van der Waals surface area contributed by atoms with Crippen LogP contribution in [0.4, 0.5) is 5.69 Å². The van der Waals surface area contributed by atoms with Crippen LogP contribution in [0.1, 0.15) is 18.9 Å². The molecule has 0 fully saturated rings. The fourth-order valence-electron chi connectivity index (χ4n) is 1.78. The summed E-state index contributed by atoms with van der Waals surface area (Å²) in [4.78, 5) is 15.7. The van der Waals surface area contributed by atoms with Gasteiger partial charge in [-0.3, -0.25) is 4.79 Å². The number of rotatable bonds is 6. The van der Waals surface area contributed by atoms with E-state index in [-0.39, 0.29) is 5.91 Å². The third-order valence-corrected chi connectivity index (χ3v) is 3.43. The Morgan fingerprint density at radius 1 is 1.40 bits per heavy atom. The molecule has 0 aromatic heterocycles. The number of anilines is 1. The Kier molecular flexibility index (Phi) is 6.23. The van der Waals surface area contributed by atoms with Crippen LogP contribution >= 0.6 is 23.8 Å². The first-order valence-corrected chi connectivity index (χ1v) is 7.19. The first-order chi connectivity index (χ1) is 9.36. The van der Waals surface area contributed by atoms with Crippen molar-refractivity contribution in [3.63, 3.8) is 0 Å². The van der Waals surface area contributed by atoms with Crippen molar-refractivity contribution >= 4 is 40.4 Å². The lowest BCUT2D eigenvalue weighted by molar-refractivity contribution is -0.127. The fourth-order valence-corrected chi connectivity index (χ4v) is 2.20. The molecule has 0 aliphatic carbocycles. The maximum Gasteiger partial charge on any atom is 0.241 e. The molecule has 0 unspecified atom stereocenters. The van der Waals surface area contributed by atoms with Gasteiger partial charge >= 0.3 is 0 Å². The number of nitrogens with zero attached hydrogens (tertiary/aromatic N) is 2. The van der Waals surface area contributed by atoms with E-state index in [2.05, 4.69) is 6.92 Å². The first kappa shape index (κ1) is 16.7. The van der Waals surface area contributed by atoms with Gasteiger partial charge in [-0.05, 0) is 24.6 Å². The molecular formula is C14H20ClN3OS. The molecule has 0 aliphatic rings. The number of hydrogen-bond acceptors (Lipinski definition) is 3. The van der Waals surface area contributed by atoms with Crippen molar-refractivity contribution in [2.24, 2.45) is 5.73 Å². The van der Waals surface area contributed by atoms with E-state index in [1.54, 1.807) is 25.1 Å². The Bertz CT molecular complexity index is 505. The zero-order chi connectivity index (χ0) is 15.3. The highest BCUT2D eigenvalue weighted by atomic mass is 35.5. The summed E-state index contributed by atoms with van der Waals surface area (Å²) in [6, 6.07) is 5.42. The number of hydrogen-bond donors (Lipinski definition) is 1. The van der Waals surface area contributed by atoms with Gasteiger partial charge in [-0.15, -0.1) is 0 Å². The Morgan fingerprint density at radius 3 is 2.50 bits per heavy atom. The number of halogens is 1. The number of thiocarbonyl (C=S) groups is 1. The smallest absolute Gasteiger partial charge is 0.241 e. The van der Waals surface area contributed by atoms with Gasteiger partial charge in [-0.25, -0.2) is 0 Å². The molecule has 0 atom stereocenters. The van der Waals surface area contributed by atoms with Crippen molar-refractivity contribution < 1.29 is 4.79 Å². The molecule has 1 amide bonds. The molecule has 0 bridgehead atoms. The van der Waals surface area contributed by atoms with Crippen molar-refractivity contribution in [3.8, 4) is 0 Å². The summed E-state index contributed by atoms with van der Waals surface area (Å²) in [5.74, 6) is 0.0351. The maximum atomic E-state index is 11.9. The second-order valence-corrected chi connectivity index (χ2v) is 5.59. The van der Waals surface area contributed by atoms with Crippen LogP contribution in [-0.2, 0) is 4.79 Å². The second kappa shape index (κ2) is 7.45. The Labute approximate surface area is 130 Å². The molecule has 110 valence electrons. The zero-order valence-corrected chi connectivity index (χ0v) is 13.6. The van der Waals surface area contributed by atoms with E-state index in [0.29, 0.717) is 16.6 Å². The number of benzene rings is 1. The Morgan fingerprint density at radius 2 is 2.05 bits per heavy atom. The molecule has 2 N–H and O–H groups in total. The van der Waals surface area contributed by atoms with Gasteiger partial charge in [0, 0.05) is 26.2 Å². The maximum absolute atomic E-state index is 11.9. The third-order valence-electron chi connectivity index (χ3n) is 2.89. The minimum Gasteiger partial charge on any atom is -0.389 e. The molecule has 1 rings (SSSR count). The standard InChI is InChI=1S/C14H20ClN3OS/c1-4-7-18(9-13(19)17(2)3)12-6-5-10(14(16)20)8-11(12)15/h5-6,8H,4,7,9H2,1-3H3,(H2,16,20). The molecular weight excluding hydrogens is 294 g/mol. The highest BCUT2D eigenvalue weighted by molar-refractivity contribution is 7.80. The predicted molar refractivity (Wildman–Crippen MR) is 88.5 cm³/mol. The summed E-state index contributed by atoms with van der Waals surface area (Å²) in [5, 5.41) is 0.551. The molecule has 6 heteroatoms. The normalized spacial score (nSPS) is 10.2. The average Bonchev–Trinajstić information content (AvgIpc) is 2.37. The van der Waals surface area contributed by atoms with Gasteiger partial charge in [0.25, 0.3) is 0 Å².